The Kier molecular flexibility index (Phi) is 3.01. The van der Waals surface area contributed by atoms with E-state index in [0.717, 1.165) is 18.2 Å². The average molecular weight is 222 g/mol. The Labute approximate surface area is 93.0 Å². The van der Waals surface area contributed by atoms with Crippen LogP contribution in [-0.4, -0.2) is 14.8 Å². The summed E-state index contributed by atoms with van der Waals surface area (Å²) in [6.45, 7) is 5.83. The van der Waals surface area contributed by atoms with Crippen molar-refractivity contribution in [2.24, 2.45) is 0 Å². The zero-order valence-corrected chi connectivity index (χ0v) is 9.71. The molecule has 2 rings (SSSR count). The van der Waals surface area contributed by atoms with Crippen molar-refractivity contribution in [1.29, 1.82) is 0 Å². The summed E-state index contributed by atoms with van der Waals surface area (Å²) in [5.74, 6) is 0. The maximum atomic E-state index is 4.24. The Morgan fingerprint density at radius 1 is 1.47 bits per heavy atom. The molecular formula is C10H14N4S. The van der Waals surface area contributed by atoms with Crippen LogP contribution in [-0.2, 0) is 13.1 Å². The highest BCUT2D eigenvalue weighted by atomic mass is 32.1. The standard InChI is InChI=1S/C10H14N4S/c1-3-14-7-9(6-13-14)5-12-10-11-4-8(2)15-10/h4,6-7H,3,5H2,1-2H3,(H,11,12). The first-order valence-electron chi connectivity index (χ1n) is 4.95. The van der Waals surface area contributed by atoms with Gasteiger partial charge in [-0.2, -0.15) is 5.10 Å². The second-order valence-corrected chi connectivity index (χ2v) is 4.57. The van der Waals surface area contributed by atoms with Crippen LogP contribution in [0.25, 0.3) is 0 Å². The summed E-state index contributed by atoms with van der Waals surface area (Å²) in [6, 6.07) is 0. The number of hydrogen-bond acceptors (Lipinski definition) is 4. The van der Waals surface area contributed by atoms with Crippen molar-refractivity contribution < 1.29 is 0 Å². The third-order valence-corrected chi connectivity index (χ3v) is 2.95. The number of nitrogens with one attached hydrogen (secondary N) is 1. The van der Waals surface area contributed by atoms with Gasteiger partial charge in [-0.25, -0.2) is 4.98 Å². The zero-order chi connectivity index (χ0) is 10.7. The summed E-state index contributed by atoms with van der Waals surface area (Å²) in [6.07, 6.45) is 5.81. The van der Waals surface area contributed by atoms with Gasteiger partial charge in [0.1, 0.15) is 0 Å². The number of aryl methyl sites for hydroxylation is 2. The number of nitrogens with zero attached hydrogens (tertiary/aromatic N) is 3. The van der Waals surface area contributed by atoms with Gasteiger partial charge >= 0.3 is 0 Å². The van der Waals surface area contributed by atoms with Crippen LogP contribution in [0.2, 0.25) is 0 Å². The molecule has 2 aromatic heterocycles. The van der Waals surface area contributed by atoms with E-state index in [9.17, 15) is 0 Å². The Morgan fingerprint density at radius 3 is 2.93 bits per heavy atom. The second kappa shape index (κ2) is 4.44. The van der Waals surface area contributed by atoms with E-state index in [0.29, 0.717) is 0 Å². The number of thiazole rings is 1. The van der Waals surface area contributed by atoms with Gasteiger partial charge in [-0.1, -0.05) is 0 Å². The van der Waals surface area contributed by atoms with Gasteiger partial charge in [-0.3, -0.25) is 4.68 Å². The van der Waals surface area contributed by atoms with Crippen LogP contribution in [0.3, 0.4) is 0 Å². The Hall–Kier alpha value is -1.36. The lowest BCUT2D eigenvalue weighted by atomic mass is 10.4. The van der Waals surface area contributed by atoms with Crippen LogP contribution >= 0.6 is 11.3 Å². The minimum atomic E-state index is 0.785. The Morgan fingerprint density at radius 2 is 2.33 bits per heavy atom. The first-order valence-corrected chi connectivity index (χ1v) is 5.77. The van der Waals surface area contributed by atoms with Crippen LogP contribution in [0.1, 0.15) is 17.4 Å². The molecule has 5 heteroatoms. The number of rotatable bonds is 4. The van der Waals surface area contributed by atoms with Crippen molar-refractivity contribution >= 4 is 16.5 Å². The number of aromatic nitrogens is 3. The number of hydrogen-bond donors (Lipinski definition) is 1. The van der Waals surface area contributed by atoms with E-state index in [1.54, 1.807) is 11.3 Å². The fourth-order valence-corrected chi connectivity index (χ4v) is 1.94. The summed E-state index contributed by atoms with van der Waals surface area (Å²) in [5.41, 5.74) is 1.18. The van der Waals surface area contributed by atoms with E-state index in [4.69, 9.17) is 0 Å². The van der Waals surface area contributed by atoms with Crippen LogP contribution in [0.5, 0.6) is 0 Å². The van der Waals surface area contributed by atoms with E-state index >= 15 is 0 Å². The second-order valence-electron chi connectivity index (χ2n) is 3.33. The van der Waals surface area contributed by atoms with E-state index in [2.05, 4.69) is 29.2 Å². The molecule has 0 aliphatic heterocycles. The highest BCUT2D eigenvalue weighted by molar-refractivity contribution is 7.15. The van der Waals surface area contributed by atoms with E-state index in [1.807, 2.05) is 23.3 Å². The van der Waals surface area contributed by atoms with Crippen LogP contribution in [0.15, 0.2) is 18.6 Å². The molecule has 0 amide bonds. The van der Waals surface area contributed by atoms with Crippen molar-refractivity contribution in [2.45, 2.75) is 26.9 Å². The van der Waals surface area contributed by atoms with Crippen molar-refractivity contribution in [2.75, 3.05) is 5.32 Å². The molecule has 0 aromatic carbocycles. The normalized spacial score (nSPS) is 10.5. The van der Waals surface area contributed by atoms with Crippen molar-refractivity contribution in [3.05, 3.63) is 29.0 Å². The molecule has 0 aliphatic rings. The van der Waals surface area contributed by atoms with Gasteiger partial charge in [0.2, 0.25) is 0 Å². The highest BCUT2D eigenvalue weighted by Crippen LogP contribution is 2.17. The van der Waals surface area contributed by atoms with Crippen molar-refractivity contribution in [3.63, 3.8) is 0 Å². The molecular weight excluding hydrogens is 208 g/mol. The Bertz CT molecular complexity index is 432. The summed E-state index contributed by atoms with van der Waals surface area (Å²) < 4.78 is 1.92. The maximum Gasteiger partial charge on any atom is 0.183 e. The molecule has 0 bridgehead atoms. The molecule has 2 aromatic rings. The minimum Gasteiger partial charge on any atom is -0.357 e. The predicted molar refractivity (Wildman–Crippen MR) is 62.1 cm³/mol. The van der Waals surface area contributed by atoms with Crippen LogP contribution in [0.4, 0.5) is 5.13 Å². The molecule has 0 spiro atoms. The van der Waals surface area contributed by atoms with Crippen molar-refractivity contribution in [3.8, 4) is 0 Å². The minimum absolute atomic E-state index is 0.785. The molecule has 0 radical (unpaired) electrons. The monoisotopic (exact) mass is 222 g/mol. The quantitative estimate of drug-likeness (QED) is 0.863. The fourth-order valence-electron chi connectivity index (χ4n) is 1.28. The van der Waals surface area contributed by atoms with E-state index in [-0.39, 0.29) is 0 Å². The van der Waals surface area contributed by atoms with Gasteiger partial charge in [0.05, 0.1) is 6.20 Å². The van der Waals surface area contributed by atoms with Gasteiger partial charge in [0.15, 0.2) is 5.13 Å². The molecule has 15 heavy (non-hydrogen) atoms. The predicted octanol–water partition coefficient (Wildman–Crippen LogP) is 2.28. The maximum absolute atomic E-state index is 4.24. The molecule has 0 saturated carbocycles. The molecule has 0 aliphatic carbocycles. The fraction of sp³-hybridized carbons (Fsp3) is 0.400. The summed E-state index contributed by atoms with van der Waals surface area (Å²) in [5, 5.41) is 8.45. The molecule has 0 atom stereocenters. The molecule has 4 nitrogen and oxygen atoms in total. The average Bonchev–Trinajstić information content (AvgIpc) is 2.83. The third-order valence-electron chi connectivity index (χ3n) is 2.08. The first-order chi connectivity index (χ1) is 7.28. The molecule has 80 valence electrons. The lowest BCUT2D eigenvalue weighted by molar-refractivity contribution is 0.659. The lowest BCUT2D eigenvalue weighted by Gasteiger charge is -1.98. The third kappa shape index (κ3) is 2.56. The molecule has 1 N–H and O–H groups in total. The van der Waals surface area contributed by atoms with Gasteiger partial charge in [-0.05, 0) is 13.8 Å². The smallest absolute Gasteiger partial charge is 0.183 e. The summed E-state index contributed by atoms with van der Waals surface area (Å²) >= 11 is 1.67. The number of anilines is 1. The van der Waals surface area contributed by atoms with Gasteiger partial charge in [0, 0.05) is 35.9 Å². The highest BCUT2D eigenvalue weighted by Gasteiger charge is 2.00. The zero-order valence-electron chi connectivity index (χ0n) is 8.90. The van der Waals surface area contributed by atoms with Crippen LogP contribution in [0, 0.1) is 6.92 Å². The summed E-state index contributed by atoms with van der Waals surface area (Å²) in [4.78, 5) is 5.46. The van der Waals surface area contributed by atoms with Crippen molar-refractivity contribution in [1.82, 2.24) is 14.8 Å². The molecule has 0 unspecified atom stereocenters. The molecule has 0 fully saturated rings. The van der Waals surface area contributed by atoms with Gasteiger partial charge in [-0.15, -0.1) is 11.3 Å². The lowest BCUT2D eigenvalue weighted by Crippen LogP contribution is -1.97. The van der Waals surface area contributed by atoms with E-state index < -0.39 is 0 Å². The summed E-state index contributed by atoms with van der Waals surface area (Å²) in [7, 11) is 0. The van der Waals surface area contributed by atoms with Gasteiger partial charge in [0.25, 0.3) is 0 Å². The van der Waals surface area contributed by atoms with Crippen LogP contribution < -0.4 is 5.32 Å². The van der Waals surface area contributed by atoms with Gasteiger partial charge < -0.3 is 5.32 Å². The first kappa shape index (κ1) is 10.2. The largest absolute Gasteiger partial charge is 0.357 e. The SMILES string of the molecule is CCn1cc(CNc2ncc(C)s2)cn1. The topological polar surface area (TPSA) is 42.7 Å². The van der Waals surface area contributed by atoms with E-state index in [1.165, 1.54) is 10.4 Å². The molecule has 0 saturated heterocycles. The Balaban J connectivity index is 1.93. The molecule has 2 heterocycles.